The van der Waals surface area contributed by atoms with E-state index in [1.54, 1.807) is 18.3 Å². The monoisotopic (exact) mass is 263 g/mol. The zero-order valence-electron chi connectivity index (χ0n) is 11.3. The van der Waals surface area contributed by atoms with Gasteiger partial charge < -0.3 is 15.3 Å². The summed E-state index contributed by atoms with van der Waals surface area (Å²) < 4.78 is 0. The summed E-state index contributed by atoms with van der Waals surface area (Å²) in [6.45, 7) is 3.80. The number of hydrogen-bond donors (Lipinski definition) is 2. The van der Waals surface area contributed by atoms with Crippen LogP contribution in [0.25, 0.3) is 0 Å². The molecule has 0 saturated carbocycles. The van der Waals surface area contributed by atoms with Crippen molar-refractivity contribution in [1.29, 1.82) is 0 Å². The first-order chi connectivity index (χ1) is 9.26. The number of amides is 1. The molecular weight excluding hydrogens is 242 g/mol. The van der Waals surface area contributed by atoms with Gasteiger partial charge in [0.2, 0.25) is 0 Å². The first-order valence-electron chi connectivity index (χ1n) is 6.88. The molecular formula is C14H21N3O2. The van der Waals surface area contributed by atoms with Crippen LogP contribution in [0.4, 0.5) is 5.82 Å². The summed E-state index contributed by atoms with van der Waals surface area (Å²) in [6, 6.07) is 3.37. The van der Waals surface area contributed by atoms with E-state index in [2.05, 4.69) is 15.2 Å². The highest BCUT2D eigenvalue weighted by molar-refractivity contribution is 5.99. The molecule has 19 heavy (non-hydrogen) atoms. The Labute approximate surface area is 113 Å². The van der Waals surface area contributed by atoms with Gasteiger partial charge in [0.15, 0.2) is 0 Å². The Bertz CT molecular complexity index is 426. The first kappa shape index (κ1) is 13.8. The molecule has 1 saturated heterocycles. The molecule has 0 bridgehead atoms. The van der Waals surface area contributed by atoms with Crippen LogP contribution in [0.15, 0.2) is 18.3 Å². The molecule has 0 aromatic carbocycles. The van der Waals surface area contributed by atoms with Crippen LogP contribution in [-0.4, -0.2) is 41.7 Å². The van der Waals surface area contributed by atoms with E-state index in [1.165, 1.54) is 0 Å². The van der Waals surface area contributed by atoms with E-state index in [0.29, 0.717) is 12.0 Å². The molecule has 0 aliphatic carbocycles. The topological polar surface area (TPSA) is 65.5 Å². The van der Waals surface area contributed by atoms with Gasteiger partial charge >= 0.3 is 0 Å². The molecule has 1 amide bonds. The van der Waals surface area contributed by atoms with E-state index in [0.717, 1.165) is 31.7 Å². The maximum Gasteiger partial charge on any atom is 0.255 e. The number of anilines is 1. The van der Waals surface area contributed by atoms with Crippen LogP contribution in [0.1, 0.15) is 36.5 Å². The number of aliphatic hydroxyl groups is 1. The van der Waals surface area contributed by atoms with Crippen LogP contribution >= 0.6 is 0 Å². The summed E-state index contributed by atoms with van der Waals surface area (Å²) in [4.78, 5) is 18.8. The number of carbonyl (C=O) groups excluding carboxylic acids is 1. The second-order valence-corrected chi connectivity index (χ2v) is 4.83. The van der Waals surface area contributed by atoms with Gasteiger partial charge in [0.1, 0.15) is 5.82 Å². The maximum absolute atomic E-state index is 12.3. The minimum absolute atomic E-state index is 0.0401. The van der Waals surface area contributed by atoms with Crippen molar-refractivity contribution in [2.75, 3.05) is 24.6 Å². The van der Waals surface area contributed by atoms with Gasteiger partial charge in [-0.05, 0) is 31.4 Å². The number of pyridine rings is 1. The number of rotatable bonds is 5. The highest BCUT2D eigenvalue weighted by Gasteiger charge is 2.21. The van der Waals surface area contributed by atoms with Crippen LogP contribution in [0.5, 0.6) is 0 Å². The molecule has 1 fully saturated rings. The van der Waals surface area contributed by atoms with Crippen molar-refractivity contribution >= 4 is 11.7 Å². The van der Waals surface area contributed by atoms with Crippen molar-refractivity contribution in [3.8, 4) is 0 Å². The first-order valence-corrected chi connectivity index (χ1v) is 6.88. The third-order valence-corrected chi connectivity index (χ3v) is 3.49. The van der Waals surface area contributed by atoms with Crippen molar-refractivity contribution in [2.24, 2.45) is 0 Å². The number of aliphatic hydroxyl groups excluding tert-OH is 1. The van der Waals surface area contributed by atoms with Gasteiger partial charge in [0, 0.05) is 19.3 Å². The molecule has 1 atom stereocenters. The van der Waals surface area contributed by atoms with Gasteiger partial charge in [-0.2, -0.15) is 0 Å². The summed E-state index contributed by atoms with van der Waals surface area (Å²) in [5.41, 5.74) is 0.594. The van der Waals surface area contributed by atoms with Gasteiger partial charge in [-0.25, -0.2) is 4.98 Å². The molecule has 1 aliphatic heterocycles. The van der Waals surface area contributed by atoms with Crippen LogP contribution in [-0.2, 0) is 0 Å². The molecule has 1 aromatic heterocycles. The standard InChI is InChI=1S/C14H21N3O2/c1-2-11(10-18)16-14(19)12-6-5-7-15-13(12)17-8-3-4-9-17/h5-7,11,18H,2-4,8-10H2,1H3,(H,16,19). The normalized spacial score (nSPS) is 16.4. The Balaban J connectivity index is 2.16. The third kappa shape index (κ3) is 3.23. The van der Waals surface area contributed by atoms with Crippen molar-refractivity contribution in [3.05, 3.63) is 23.9 Å². The number of hydrogen-bond acceptors (Lipinski definition) is 4. The van der Waals surface area contributed by atoms with E-state index in [-0.39, 0.29) is 18.6 Å². The summed E-state index contributed by atoms with van der Waals surface area (Å²) in [6.07, 6.45) is 4.72. The van der Waals surface area contributed by atoms with Crippen LogP contribution < -0.4 is 10.2 Å². The molecule has 0 spiro atoms. The molecule has 104 valence electrons. The second-order valence-electron chi connectivity index (χ2n) is 4.83. The number of carbonyl (C=O) groups is 1. The van der Waals surface area contributed by atoms with E-state index in [4.69, 9.17) is 5.11 Å². The van der Waals surface area contributed by atoms with Crippen LogP contribution in [0.2, 0.25) is 0 Å². The van der Waals surface area contributed by atoms with E-state index >= 15 is 0 Å². The van der Waals surface area contributed by atoms with Crippen molar-refractivity contribution in [2.45, 2.75) is 32.2 Å². The third-order valence-electron chi connectivity index (χ3n) is 3.49. The zero-order valence-corrected chi connectivity index (χ0v) is 11.3. The minimum atomic E-state index is -0.195. The SMILES string of the molecule is CCC(CO)NC(=O)c1cccnc1N1CCCC1. The smallest absolute Gasteiger partial charge is 0.255 e. The van der Waals surface area contributed by atoms with E-state index in [1.807, 2.05) is 6.92 Å². The lowest BCUT2D eigenvalue weighted by Crippen LogP contribution is -2.38. The fourth-order valence-corrected chi connectivity index (χ4v) is 2.30. The van der Waals surface area contributed by atoms with Gasteiger partial charge in [0.25, 0.3) is 5.91 Å². The van der Waals surface area contributed by atoms with Crippen LogP contribution in [0, 0.1) is 0 Å². The highest BCUT2D eigenvalue weighted by atomic mass is 16.3. The Kier molecular flexibility index (Phi) is 4.74. The van der Waals surface area contributed by atoms with Gasteiger partial charge in [0.05, 0.1) is 18.2 Å². The Morgan fingerprint density at radius 1 is 1.53 bits per heavy atom. The molecule has 5 nitrogen and oxygen atoms in total. The van der Waals surface area contributed by atoms with Gasteiger partial charge in [-0.1, -0.05) is 6.92 Å². The van der Waals surface area contributed by atoms with E-state index in [9.17, 15) is 4.79 Å². The van der Waals surface area contributed by atoms with Crippen molar-refractivity contribution in [3.63, 3.8) is 0 Å². The van der Waals surface area contributed by atoms with Crippen molar-refractivity contribution < 1.29 is 9.90 Å². The lowest BCUT2D eigenvalue weighted by atomic mass is 10.2. The summed E-state index contributed by atoms with van der Waals surface area (Å²) in [5.74, 6) is 0.598. The molecule has 5 heteroatoms. The largest absolute Gasteiger partial charge is 0.394 e. The summed E-state index contributed by atoms with van der Waals surface area (Å²) >= 11 is 0. The van der Waals surface area contributed by atoms with Crippen LogP contribution in [0.3, 0.4) is 0 Å². The molecule has 0 radical (unpaired) electrons. The Morgan fingerprint density at radius 3 is 2.89 bits per heavy atom. The van der Waals surface area contributed by atoms with Crippen molar-refractivity contribution in [1.82, 2.24) is 10.3 Å². The van der Waals surface area contributed by atoms with Gasteiger partial charge in [-0.3, -0.25) is 4.79 Å². The molecule has 1 unspecified atom stereocenters. The average Bonchev–Trinajstić information content (AvgIpc) is 2.98. The van der Waals surface area contributed by atoms with Gasteiger partial charge in [-0.15, -0.1) is 0 Å². The maximum atomic E-state index is 12.3. The summed E-state index contributed by atoms with van der Waals surface area (Å²) in [5, 5.41) is 12.0. The lowest BCUT2D eigenvalue weighted by Gasteiger charge is -2.20. The predicted molar refractivity (Wildman–Crippen MR) is 74.3 cm³/mol. The minimum Gasteiger partial charge on any atom is -0.394 e. The Morgan fingerprint density at radius 2 is 2.26 bits per heavy atom. The fourth-order valence-electron chi connectivity index (χ4n) is 2.30. The molecule has 2 rings (SSSR count). The zero-order chi connectivity index (χ0) is 13.7. The Hall–Kier alpha value is -1.62. The number of nitrogens with one attached hydrogen (secondary N) is 1. The second kappa shape index (κ2) is 6.52. The highest BCUT2D eigenvalue weighted by Crippen LogP contribution is 2.21. The average molecular weight is 263 g/mol. The van der Waals surface area contributed by atoms with E-state index < -0.39 is 0 Å². The molecule has 2 N–H and O–H groups in total. The fraction of sp³-hybridized carbons (Fsp3) is 0.571. The molecule has 2 heterocycles. The summed E-state index contributed by atoms with van der Waals surface area (Å²) in [7, 11) is 0. The molecule has 1 aliphatic rings. The molecule has 1 aromatic rings. The lowest BCUT2D eigenvalue weighted by molar-refractivity contribution is 0.0915. The predicted octanol–water partition coefficient (Wildman–Crippen LogP) is 1.18. The quantitative estimate of drug-likeness (QED) is 0.837. The number of nitrogens with zero attached hydrogens (tertiary/aromatic N) is 2. The number of aromatic nitrogens is 1.